The lowest BCUT2D eigenvalue weighted by molar-refractivity contribution is -0.137. The number of hydrogen-bond donors (Lipinski definition) is 0. The first-order chi connectivity index (χ1) is 5.65. The second-order valence-corrected chi connectivity index (χ2v) is 5.61. The Balaban J connectivity index is 2.09. The zero-order valence-electron chi connectivity index (χ0n) is 6.87. The van der Waals surface area contributed by atoms with Gasteiger partial charge in [0.05, 0.1) is 0 Å². The number of thioether (sulfide) groups is 1. The molecule has 64 valence electrons. The van der Waals surface area contributed by atoms with E-state index in [0.29, 0.717) is 11.2 Å². The van der Waals surface area contributed by atoms with Crippen LogP contribution in [-0.2, 0) is 9.59 Å². The molecule has 0 spiro atoms. The Hall–Kier alpha value is -0.310. The number of carbonyl (C=O) groups is 2. The molecular formula is C9H10O2S. The van der Waals surface area contributed by atoms with Gasteiger partial charge >= 0.3 is 0 Å². The van der Waals surface area contributed by atoms with E-state index in [1.165, 1.54) is 0 Å². The number of carbonyl (C=O) groups excluding carboxylic acids is 2. The summed E-state index contributed by atoms with van der Waals surface area (Å²) in [7, 11) is 0. The Kier molecular flexibility index (Phi) is 1.06. The van der Waals surface area contributed by atoms with Crippen molar-refractivity contribution in [3.63, 3.8) is 0 Å². The molecule has 4 atom stereocenters. The van der Waals surface area contributed by atoms with E-state index in [1.54, 1.807) is 18.7 Å². The summed E-state index contributed by atoms with van der Waals surface area (Å²) in [6.45, 7) is 1.57. The number of fused-ring (bicyclic) bond motifs is 1. The van der Waals surface area contributed by atoms with E-state index < -0.39 is 4.75 Å². The number of ketones is 2. The molecule has 2 aliphatic heterocycles. The minimum atomic E-state index is -0.571. The quantitative estimate of drug-likeness (QED) is 0.568. The fourth-order valence-corrected chi connectivity index (χ4v) is 4.88. The molecule has 2 heterocycles. The molecule has 0 aromatic heterocycles. The molecule has 0 aromatic carbocycles. The summed E-state index contributed by atoms with van der Waals surface area (Å²) < 4.78 is -0.571. The number of Topliss-reactive ketones (excluding diaryl/α,β-unsaturated/α-hetero) is 2. The van der Waals surface area contributed by atoms with Crippen molar-refractivity contribution in [3.05, 3.63) is 0 Å². The van der Waals surface area contributed by atoms with Gasteiger partial charge in [-0.1, -0.05) is 0 Å². The van der Waals surface area contributed by atoms with E-state index in [2.05, 4.69) is 0 Å². The van der Waals surface area contributed by atoms with Crippen LogP contribution in [0, 0.1) is 11.8 Å². The predicted molar refractivity (Wildman–Crippen MR) is 46.0 cm³/mol. The highest BCUT2D eigenvalue weighted by Crippen LogP contribution is 2.67. The van der Waals surface area contributed by atoms with Gasteiger partial charge in [0.1, 0.15) is 4.75 Å². The average molecular weight is 182 g/mol. The van der Waals surface area contributed by atoms with Crippen LogP contribution in [0.4, 0.5) is 0 Å². The van der Waals surface area contributed by atoms with E-state index in [1.807, 2.05) is 0 Å². The van der Waals surface area contributed by atoms with Crippen molar-refractivity contribution in [3.8, 4) is 0 Å². The molecule has 0 aromatic rings. The van der Waals surface area contributed by atoms with Gasteiger partial charge in [-0.25, -0.2) is 0 Å². The van der Waals surface area contributed by atoms with Gasteiger partial charge in [-0.3, -0.25) is 9.59 Å². The molecule has 0 N–H and O–H groups in total. The second-order valence-electron chi connectivity index (χ2n) is 4.14. The monoisotopic (exact) mass is 182 g/mol. The third-order valence-electron chi connectivity index (χ3n) is 3.61. The van der Waals surface area contributed by atoms with E-state index in [0.717, 1.165) is 12.8 Å². The fraction of sp³-hybridized carbons (Fsp3) is 0.778. The average Bonchev–Trinajstić information content (AvgIpc) is 2.37. The lowest BCUT2D eigenvalue weighted by Gasteiger charge is -2.40. The zero-order chi connectivity index (χ0) is 8.51. The van der Waals surface area contributed by atoms with Crippen molar-refractivity contribution in [1.82, 2.24) is 0 Å². The van der Waals surface area contributed by atoms with Crippen molar-refractivity contribution >= 4 is 23.3 Å². The summed E-state index contributed by atoms with van der Waals surface area (Å²) in [6, 6.07) is 0. The molecule has 3 heteroatoms. The lowest BCUT2D eigenvalue weighted by atomic mass is 9.60. The molecule has 4 unspecified atom stereocenters. The van der Waals surface area contributed by atoms with Gasteiger partial charge in [0.15, 0.2) is 11.6 Å². The van der Waals surface area contributed by atoms with Crippen molar-refractivity contribution in [2.24, 2.45) is 11.8 Å². The van der Waals surface area contributed by atoms with E-state index >= 15 is 0 Å². The van der Waals surface area contributed by atoms with Gasteiger partial charge in [-0.2, -0.15) is 0 Å². The third kappa shape index (κ3) is 0.515. The van der Waals surface area contributed by atoms with Crippen LogP contribution in [-0.4, -0.2) is 21.6 Å². The van der Waals surface area contributed by atoms with E-state index in [9.17, 15) is 9.59 Å². The molecule has 12 heavy (non-hydrogen) atoms. The molecule has 1 aliphatic carbocycles. The standard InChI is InChI=1S/C9H10O2S/c1-4(10)9-3-5-2-6(8(9)11)7(5)12-9/h5-7H,2-3H2,1H3. The largest absolute Gasteiger partial charge is 0.298 e. The van der Waals surface area contributed by atoms with Crippen LogP contribution in [0.25, 0.3) is 0 Å². The second kappa shape index (κ2) is 1.79. The van der Waals surface area contributed by atoms with Crippen LogP contribution in [0.5, 0.6) is 0 Å². The maximum atomic E-state index is 11.7. The first-order valence-electron chi connectivity index (χ1n) is 4.38. The molecule has 0 amide bonds. The SMILES string of the molecule is CC(=O)C12CC3CC(C1=O)C3S2. The first-order valence-corrected chi connectivity index (χ1v) is 5.26. The Morgan fingerprint density at radius 1 is 1.67 bits per heavy atom. The molecule has 0 radical (unpaired) electrons. The number of hydrogen-bond acceptors (Lipinski definition) is 3. The molecule has 3 rings (SSSR count). The summed E-state index contributed by atoms with van der Waals surface area (Å²) >= 11 is 1.65. The van der Waals surface area contributed by atoms with Crippen LogP contribution in [0.2, 0.25) is 0 Å². The van der Waals surface area contributed by atoms with Gasteiger partial charge in [-0.05, 0) is 25.7 Å². The van der Waals surface area contributed by atoms with E-state index in [4.69, 9.17) is 0 Å². The van der Waals surface area contributed by atoms with Crippen LogP contribution < -0.4 is 0 Å². The normalized spacial score (nSPS) is 54.1. The summed E-state index contributed by atoms with van der Waals surface area (Å²) in [5.74, 6) is 1.26. The Morgan fingerprint density at radius 2 is 2.42 bits per heavy atom. The molecule has 2 nitrogen and oxygen atoms in total. The van der Waals surface area contributed by atoms with Gasteiger partial charge in [-0.15, -0.1) is 11.8 Å². The van der Waals surface area contributed by atoms with Crippen molar-refractivity contribution < 1.29 is 9.59 Å². The zero-order valence-corrected chi connectivity index (χ0v) is 7.69. The summed E-state index contributed by atoms with van der Waals surface area (Å²) in [5, 5.41) is 0.515. The maximum absolute atomic E-state index is 11.7. The van der Waals surface area contributed by atoms with Crippen LogP contribution in [0.3, 0.4) is 0 Å². The van der Waals surface area contributed by atoms with E-state index in [-0.39, 0.29) is 17.5 Å². The van der Waals surface area contributed by atoms with Gasteiger partial charge in [0.2, 0.25) is 0 Å². The summed E-state index contributed by atoms with van der Waals surface area (Å²) in [4.78, 5) is 23.1. The molecule has 2 saturated heterocycles. The third-order valence-corrected chi connectivity index (χ3v) is 5.65. The van der Waals surface area contributed by atoms with Crippen molar-refractivity contribution in [2.45, 2.75) is 29.8 Å². The van der Waals surface area contributed by atoms with Gasteiger partial charge in [0, 0.05) is 11.2 Å². The van der Waals surface area contributed by atoms with Crippen LogP contribution in [0.15, 0.2) is 0 Å². The summed E-state index contributed by atoms with van der Waals surface area (Å²) in [6.07, 6.45) is 1.90. The highest BCUT2D eigenvalue weighted by Gasteiger charge is 2.70. The Bertz CT molecular complexity index is 295. The molecule has 3 fully saturated rings. The van der Waals surface area contributed by atoms with Gasteiger partial charge in [0.25, 0.3) is 0 Å². The molecule has 1 saturated carbocycles. The summed E-state index contributed by atoms with van der Waals surface area (Å²) in [5.41, 5.74) is 0. The molecule has 3 aliphatic rings. The highest BCUT2D eigenvalue weighted by atomic mass is 32.2. The maximum Gasteiger partial charge on any atom is 0.160 e. The highest BCUT2D eigenvalue weighted by molar-refractivity contribution is 8.03. The van der Waals surface area contributed by atoms with Crippen LogP contribution in [0.1, 0.15) is 19.8 Å². The predicted octanol–water partition coefficient (Wildman–Crippen LogP) is 1.04. The lowest BCUT2D eigenvalue weighted by Crippen LogP contribution is -2.52. The van der Waals surface area contributed by atoms with Gasteiger partial charge < -0.3 is 0 Å². The number of rotatable bonds is 1. The van der Waals surface area contributed by atoms with Crippen LogP contribution >= 0.6 is 11.8 Å². The molecule has 2 bridgehead atoms. The van der Waals surface area contributed by atoms with Crippen molar-refractivity contribution in [2.75, 3.05) is 0 Å². The van der Waals surface area contributed by atoms with Crippen molar-refractivity contribution in [1.29, 1.82) is 0 Å². The minimum absolute atomic E-state index is 0.0900. The topological polar surface area (TPSA) is 34.1 Å². The molecular weight excluding hydrogens is 172 g/mol. The smallest absolute Gasteiger partial charge is 0.160 e. The minimum Gasteiger partial charge on any atom is -0.298 e. The fourth-order valence-electron chi connectivity index (χ4n) is 2.87. The Labute approximate surface area is 75.1 Å². The Morgan fingerprint density at radius 3 is 2.75 bits per heavy atom. The first kappa shape index (κ1) is 7.13.